The van der Waals surface area contributed by atoms with Gasteiger partial charge < -0.3 is 9.80 Å². The molecular formula is C18H25N3O4S. The predicted octanol–water partition coefficient (Wildman–Crippen LogP) is 1.21. The fourth-order valence-electron chi connectivity index (χ4n) is 3.50. The Bertz CT molecular complexity index is 734. The first-order chi connectivity index (χ1) is 12.5. The van der Waals surface area contributed by atoms with Crippen molar-refractivity contribution in [2.75, 3.05) is 26.2 Å². The predicted molar refractivity (Wildman–Crippen MR) is 97.2 cm³/mol. The van der Waals surface area contributed by atoms with E-state index in [2.05, 4.69) is 4.72 Å². The van der Waals surface area contributed by atoms with Crippen molar-refractivity contribution in [2.45, 2.75) is 43.0 Å². The van der Waals surface area contributed by atoms with E-state index in [4.69, 9.17) is 0 Å². The standard InChI is InChI=1S/C18H25N3O4S/c22-14-20-10-12-21(13-11-20)18(23)15-6-8-17(9-7-15)26(24,25)19-16-4-2-1-3-5-16/h6-9,14,16,19H,1-5,10-13H2. The average molecular weight is 379 g/mol. The Labute approximate surface area is 154 Å². The first-order valence-electron chi connectivity index (χ1n) is 9.10. The summed E-state index contributed by atoms with van der Waals surface area (Å²) in [5.41, 5.74) is 0.459. The minimum absolute atomic E-state index is 0.00386. The van der Waals surface area contributed by atoms with Gasteiger partial charge in [-0.15, -0.1) is 0 Å². The molecule has 1 aromatic rings. The summed E-state index contributed by atoms with van der Waals surface area (Å²) in [5, 5.41) is 0. The van der Waals surface area contributed by atoms with Gasteiger partial charge in [0.15, 0.2) is 0 Å². The van der Waals surface area contributed by atoms with E-state index < -0.39 is 10.0 Å². The fraction of sp³-hybridized carbons (Fsp3) is 0.556. The van der Waals surface area contributed by atoms with Gasteiger partial charge in [-0.25, -0.2) is 13.1 Å². The Hall–Kier alpha value is -1.93. The van der Waals surface area contributed by atoms with Crippen LogP contribution in [0, 0.1) is 0 Å². The highest BCUT2D eigenvalue weighted by Gasteiger charge is 2.24. The van der Waals surface area contributed by atoms with E-state index in [0.717, 1.165) is 38.5 Å². The normalized spacial score (nSPS) is 19.4. The molecule has 0 unspecified atom stereocenters. The molecule has 2 aliphatic rings. The number of amides is 2. The van der Waals surface area contributed by atoms with Crippen LogP contribution in [0.3, 0.4) is 0 Å². The van der Waals surface area contributed by atoms with Gasteiger partial charge in [-0.2, -0.15) is 0 Å². The molecule has 1 saturated heterocycles. The number of hydrogen-bond donors (Lipinski definition) is 1. The molecule has 1 aliphatic heterocycles. The van der Waals surface area contributed by atoms with E-state index in [9.17, 15) is 18.0 Å². The summed E-state index contributed by atoms with van der Waals surface area (Å²) < 4.78 is 27.8. The van der Waals surface area contributed by atoms with Crippen molar-refractivity contribution in [1.82, 2.24) is 14.5 Å². The number of piperazine rings is 1. The average Bonchev–Trinajstić information content (AvgIpc) is 2.68. The number of rotatable bonds is 5. The highest BCUT2D eigenvalue weighted by atomic mass is 32.2. The summed E-state index contributed by atoms with van der Waals surface area (Å²) in [5.74, 6) is -0.139. The Morgan fingerprint density at radius 2 is 1.62 bits per heavy atom. The molecule has 1 saturated carbocycles. The van der Waals surface area contributed by atoms with Crippen LogP contribution in [-0.4, -0.2) is 62.8 Å². The van der Waals surface area contributed by atoms with E-state index in [1.54, 1.807) is 21.9 Å². The third-order valence-electron chi connectivity index (χ3n) is 5.09. The monoisotopic (exact) mass is 379 g/mol. The van der Waals surface area contributed by atoms with E-state index >= 15 is 0 Å². The van der Waals surface area contributed by atoms with Gasteiger partial charge in [-0.05, 0) is 37.1 Å². The quantitative estimate of drug-likeness (QED) is 0.779. The van der Waals surface area contributed by atoms with Crippen molar-refractivity contribution in [2.24, 2.45) is 0 Å². The molecule has 8 heteroatoms. The van der Waals surface area contributed by atoms with Crippen LogP contribution < -0.4 is 4.72 Å². The Morgan fingerprint density at radius 3 is 2.19 bits per heavy atom. The molecule has 0 radical (unpaired) electrons. The van der Waals surface area contributed by atoms with Gasteiger partial charge in [-0.1, -0.05) is 19.3 Å². The molecular weight excluding hydrogens is 354 g/mol. The highest BCUT2D eigenvalue weighted by molar-refractivity contribution is 7.89. The molecule has 2 fully saturated rings. The number of carbonyl (C=O) groups is 2. The minimum Gasteiger partial charge on any atom is -0.342 e. The third kappa shape index (κ3) is 4.42. The SMILES string of the molecule is O=CN1CCN(C(=O)c2ccc(S(=O)(=O)NC3CCCCC3)cc2)CC1. The summed E-state index contributed by atoms with van der Waals surface area (Å²) >= 11 is 0. The lowest BCUT2D eigenvalue weighted by Crippen LogP contribution is -2.48. The van der Waals surface area contributed by atoms with Crippen LogP contribution in [0.25, 0.3) is 0 Å². The van der Waals surface area contributed by atoms with Crippen LogP contribution >= 0.6 is 0 Å². The second-order valence-electron chi connectivity index (χ2n) is 6.91. The van der Waals surface area contributed by atoms with Gasteiger partial charge in [-0.3, -0.25) is 9.59 Å². The molecule has 1 aromatic carbocycles. The molecule has 0 aromatic heterocycles. The molecule has 1 N–H and O–H groups in total. The number of hydrogen-bond acceptors (Lipinski definition) is 4. The van der Waals surface area contributed by atoms with Gasteiger partial charge in [0.25, 0.3) is 5.91 Å². The van der Waals surface area contributed by atoms with Crippen molar-refractivity contribution in [3.05, 3.63) is 29.8 Å². The molecule has 7 nitrogen and oxygen atoms in total. The number of nitrogens with one attached hydrogen (secondary N) is 1. The molecule has 1 aliphatic carbocycles. The van der Waals surface area contributed by atoms with Crippen molar-refractivity contribution >= 4 is 22.3 Å². The highest BCUT2D eigenvalue weighted by Crippen LogP contribution is 2.20. The Morgan fingerprint density at radius 1 is 1.00 bits per heavy atom. The molecule has 0 atom stereocenters. The lowest BCUT2D eigenvalue weighted by atomic mass is 9.96. The Kier molecular flexibility index (Phi) is 5.93. The maximum atomic E-state index is 12.5. The largest absolute Gasteiger partial charge is 0.342 e. The molecule has 26 heavy (non-hydrogen) atoms. The van der Waals surface area contributed by atoms with Gasteiger partial charge >= 0.3 is 0 Å². The summed E-state index contributed by atoms with van der Waals surface area (Å²) in [6.07, 6.45) is 5.82. The first kappa shape index (κ1) is 18.8. The summed E-state index contributed by atoms with van der Waals surface area (Å²) in [4.78, 5) is 26.8. The molecule has 142 valence electrons. The zero-order valence-electron chi connectivity index (χ0n) is 14.8. The molecule has 2 amide bonds. The zero-order chi connectivity index (χ0) is 18.6. The summed E-state index contributed by atoms with van der Waals surface area (Å²) in [7, 11) is -3.56. The molecule has 1 heterocycles. The number of carbonyl (C=O) groups excluding carboxylic acids is 2. The van der Waals surface area contributed by atoms with Crippen molar-refractivity contribution in [3.8, 4) is 0 Å². The first-order valence-corrected chi connectivity index (χ1v) is 10.6. The summed E-state index contributed by atoms with van der Waals surface area (Å²) in [6.45, 7) is 2.02. The molecule has 3 rings (SSSR count). The number of nitrogens with zero attached hydrogens (tertiary/aromatic N) is 2. The van der Waals surface area contributed by atoms with Gasteiger partial charge in [0.05, 0.1) is 4.90 Å². The topological polar surface area (TPSA) is 86.8 Å². The molecule has 0 spiro atoms. The van der Waals surface area contributed by atoms with Crippen molar-refractivity contribution in [1.29, 1.82) is 0 Å². The van der Waals surface area contributed by atoms with Crippen molar-refractivity contribution < 1.29 is 18.0 Å². The van der Waals surface area contributed by atoms with Crippen LogP contribution in [0.4, 0.5) is 0 Å². The third-order valence-corrected chi connectivity index (χ3v) is 6.63. The second-order valence-corrected chi connectivity index (χ2v) is 8.63. The van der Waals surface area contributed by atoms with Crippen molar-refractivity contribution in [3.63, 3.8) is 0 Å². The van der Waals surface area contributed by atoms with E-state index in [1.807, 2.05) is 0 Å². The van der Waals surface area contributed by atoms with Crippen LogP contribution in [0.2, 0.25) is 0 Å². The number of benzene rings is 1. The second kappa shape index (κ2) is 8.18. The van der Waals surface area contributed by atoms with Crippen LogP contribution in [-0.2, 0) is 14.8 Å². The Balaban J connectivity index is 1.64. The molecule has 0 bridgehead atoms. The lowest BCUT2D eigenvalue weighted by Gasteiger charge is -2.32. The van der Waals surface area contributed by atoms with Crippen LogP contribution in [0.5, 0.6) is 0 Å². The van der Waals surface area contributed by atoms with Gasteiger partial charge in [0.2, 0.25) is 16.4 Å². The van der Waals surface area contributed by atoms with E-state index in [1.165, 1.54) is 12.1 Å². The summed E-state index contributed by atoms with van der Waals surface area (Å²) in [6, 6.07) is 6.09. The lowest BCUT2D eigenvalue weighted by molar-refractivity contribution is -0.119. The number of sulfonamides is 1. The smallest absolute Gasteiger partial charge is 0.253 e. The minimum atomic E-state index is -3.56. The van der Waals surface area contributed by atoms with Gasteiger partial charge in [0.1, 0.15) is 0 Å². The fourth-order valence-corrected chi connectivity index (χ4v) is 4.80. The zero-order valence-corrected chi connectivity index (χ0v) is 15.6. The maximum absolute atomic E-state index is 12.5. The maximum Gasteiger partial charge on any atom is 0.253 e. The van der Waals surface area contributed by atoms with E-state index in [0.29, 0.717) is 31.7 Å². The van der Waals surface area contributed by atoms with Crippen LogP contribution in [0.15, 0.2) is 29.2 Å². The van der Waals surface area contributed by atoms with Gasteiger partial charge in [0, 0.05) is 37.8 Å². The van der Waals surface area contributed by atoms with Crippen LogP contribution in [0.1, 0.15) is 42.5 Å². The van der Waals surface area contributed by atoms with E-state index in [-0.39, 0.29) is 16.8 Å².